The van der Waals surface area contributed by atoms with Crippen molar-refractivity contribution in [3.8, 4) is 0 Å². The maximum absolute atomic E-state index is 3.84. The molecule has 2 nitrogen and oxygen atoms in total. The van der Waals surface area contributed by atoms with Gasteiger partial charge in [-0.2, -0.15) is 0 Å². The minimum absolute atomic E-state index is 0.764. The molecule has 0 bridgehead atoms. The minimum atomic E-state index is 0.764. The summed E-state index contributed by atoms with van der Waals surface area (Å²) in [6.07, 6.45) is 12.6. The van der Waals surface area contributed by atoms with E-state index in [-0.39, 0.29) is 0 Å². The molecule has 0 aromatic heterocycles. The fourth-order valence-electron chi connectivity index (χ4n) is 3.54. The molecular weight excluding hydrogens is 220 g/mol. The van der Waals surface area contributed by atoms with Crippen LogP contribution in [0.2, 0.25) is 0 Å². The van der Waals surface area contributed by atoms with Gasteiger partial charge in [-0.25, -0.2) is 0 Å². The summed E-state index contributed by atoms with van der Waals surface area (Å²) in [4.78, 5) is 2.86. The molecule has 1 N–H and O–H groups in total. The second-order valence-electron chi connectivity index (χ2n) is 6.23. The molecular formula is C16H32N2. The van der Waals surface area contributed by atoms with Crippen LogP contribution >= 0.6 is 0 Å². The summed E-state index contributed by atoms with van der Waals surface area (Å²) in [5.41, 5.74) is 0. The van der Waals surface area contributed by atoms with E-state index < -0.39 is 0 Å². The lowest BCUT2D eigenvalue weighted by molar-refractivity contribution is 0.139. The van der Waals surface area contributed by atoms with Gasteiger partial charge in [-0.1, -0.05) is 33.1 Å². The summed E-state index contributed by atoms with van der Waals surface area (Å²) in [6.45, 7) is 7.13. The lowest BCUT2D eigenvalue weighted by Crippen LogP contribution is -2.51. The Balaban J connectivity index is 1.97. The van der Waals surface area contributed by atoms with Crippen molar-refractivity contribution >= 4 is 0 Å². The molecule has 0 heterocycles. The van der Waals surface area contributed by atoms with Gasteiger partial charge in [0, 0.05) is 18.1 Å². The van der Waals surface area contributed by atoms with Gasteiger partial charge in [0.05, 0.1) is 0 Å². The quantitative estimate of drug-likeness (QED) is 0.697. The lowest BCUT2D eigenvalue weighted by atomic mass is 10.0. The van der Waals surface area contributed by atoms with Gasteiger partial charge < -0.3 is 5.32 Å². The largest absolute Gasteiger partial charge is 0.312 e. The summed E-state index contributed by atoms with van der Waals surface area (Å²) >= 11 is 0. The molecule has 0 aromatic rings. The Morgan fingerprint density at radius 1 is 0.944 bits per heavy atom. The van der Waals surface area contributed by atoms with Crippen molar-refractivity contribution in [2.75, 3.05) is 13.1 Å². The highest BCUT2D eigenvalue weighted by atomic mass is 15.2. The van der Waals surface area contributed by atoms with E-state index >= 15 is 0 Å². The fourth-order valence-corrected chi connectivity index (χ4v) is 3.54. The average Bonchev–Trinajstić information content (AvgIpc) is 3.20. The zero-order valence-corrected chi connectivity index (χ0v) is 12.5. The average molecular weight is 252 g/mol. The van der Waals surface area contributed by atoms with Crippen molar-refractivity contribution in [3.05, 3.63) is 0 Å². The van der Waals surface area contributed by atoms with E-state index in [4.69, 9.17) is 0 Å². The van der Waals surface area contributed by atoms with Crippen LogP contribution in [0.5, 0.6) is 0 Å². The third-order valence-electron chi connectivity index (χ3n) is 4.56. The van der Waals surface area contributed by atoms with Crippen LogP contribution in [0.15, 0.2) is 0 Å². The Labute approximate surface area is 114 Å². The lowest BCUT2D eigenvalue weighted by Gasteiger charge is -2.37. The van der Waals surface area contributed by atoms with Crippen LogP contribution in [0.4, 0.5) is 0 Å². The van der Waals surface area contributed by atoms with Crippen LogP contribution in [0.25, 0.3) is 0 Å². The highest BCUT2D eigenvalue weighted by Gasteiger charge is 2.36. The van der Waals surface area contributed by atoms with E-state index in [1.54, 1.807) is 0 Å². The molecule has 0 saturated heterocycles. The topological polar surface area (TPSA) is 15.3 Å². The molecule has 0 spiro atoms. The van der Waals surface area contributed by atoms with Gasteiger partial charge in [-0.15, -0.1) is 0 Å². The molecule has 106 valence electrons. The molecule has 18 heavy (non-hydrogen) atoms. The van der Waals surface area contributed by atoms with Crippen molar-refractivity contribution < 1.29 is 0 Å². The number of hydrogen-bond donors (Lipinski definition) is 1. The highest BCUT2D eigenvalue weighted by Crippen LogP contribution is 2.33. The molecule has 0 aliphatic heterocycles. The predicted octanol–water partition coefficient (Wildman–Crippen LogP) is 3.56. The van der Waals surface area contributed by atoms with Gasteiger partial charge in [0.25, 0.3) is 0 Å². The molecule has 0 radical (unpaired) electrons. The SMILES string of the molecule is CCCNC1CCCCCC1N(CCC)C1CC1. The van der Waals surface area contributed by atoms with Crippen molar-refractivity contribution in [3.63, 3.8) is 0 Å². The van der Waals surface area contributed by atoms with Gasteiger partial charge in [-0.3, -0.25) is 4.90 Å². The number of nitrogens with one attached hydrogen (secondary N) is 1. The van der Waals surface area contributed by atoms with Crippen LogP contribution in [-0.2, 0) is 0 Å². The fraction of sp³-hybridized carbons (Fsp3) is 1.00. The van der Waals surface area contributed by atoms with Gasteiger partial charge in [0.1, 0.15) is 0 Å². The smallest absolute Gasteiger partial charge is 0.0252 e. The first-order valence-electron chi connectivity index (χ1n) is 8.36. The van der Waals surface area contributed by atoms with E-state index in [0.717, 1.165) is 18.1 Å². The monoisotopic (exact) mass is 252 g/mol. The van der Waals surface area contributed by atoms with Gasteiger partial charge in [-0.05, 0) is 51.6 Å². The van der Waals surface area contributed by atoms with E-state index in [0.29, 0.717) is 0 Å². The zero-order valence-electron chi connectivity index (χ0n) is 12.5. The summed E-state index contributed by atoms with van der Waals surface area (Å²) in [5, 5.41) is 3.84. The van der Waals surface area contributed by atoms with Crippen LogP contribution in [0.1, 0.15) is 71.6 Å². The summed E-state index contributed by atoms with van der Waals surface area (Å²) in [7, 11) is 0. The van der Waals surface area contributed by atoms with Crippen molar-refractivity contribution in [1.29, 1.82) is 0 Å². The zero-order chi connectivity index (χ0) is 12.8. The first-order valence-corrected chi connectivity index (χ1v) is 8.36. The Bertz CT molecular complexity index is 225. The van der Waals surface area contributed by atoms with Crippen molar-refractivity contribution in [2.24, 2.45) is 0 Å². The number of hydrogen-bond acceptors (Lipinski definition) is 2. The second kappa shape index (κ2) is 7.49. The molecule has 2 aliphatic carbocycles. The molecule has 2 atom stereocenters. The van der Waals surface area contributed by atoms with Crippen molar-refractivity contribution in [2.45, 2.75) is 89.8 Å². The summed E-state index contributed by atoms with van der Waals surface area (Å²) in [6, 6.07) is 2.52. The third kappa shape index (κ3) is 3.96. The molecule has 2 rings (SSSR count). The Morgan fingerprint density at radius 3 is 2.39 bits per heavy atom. The first kappa shape index (κ1) is 14.3. The summed E-state index contributed by atoms with van der Waals surface area (Å²) < 4.78 is 0. The molecule has 0 amide bonds. The third-order valence-corrected chi connectivity index (χ3v) is 4.56. The number of rotatable bonds is 7. The van der Waals surface area contributed by atoms with E-state index in [1.165, 1.54) is 70.9 Å². The molecule has 2 fully saturated rings. The van der Waals surface area contributed by atoms with Crippen molar-refractivity contribution in [1.82, 2.24) is 10.2 Å². The van der Waals surface area contributed by atoms with E-state index in [9.17, 15) is 0 Å². The highest BCUT2D eigenvalue weighted by molar-refractivity contribution is 4.94. The molecule has 2 saturated carbocycles. The molecule has 2 aliphatic rings. The standard InChI is InChI=1S/C16H32N2/c1-3-12-17-15-8-6-5-7-9-16(15)18(13-4-2)14-10-11-14/h14-17H,3-13H2,1-2H3. The molecule has 2 heteroatoms. The van der Waals surface area contributed by atoms with Gasteiger partial charge in [0.15, 0.2) is 0 Å². The molecule has 0 aromatic carbocycles. The maximum Gasteiger partial charge on any atom is 0.0252 e. The van der Waals surface area contributed by atoms with E-state index in [2.05, 4.69) is 24.1 Å². The van der Waals surface area contributed by atoms with Gasteiger partial charge in [0.2, 0.25) is 0 Å². The second-order valence-corrected chi connectivity index (χ2v) is 6.23. The minimum Gasteiger partial charge on any atom is -0.312 e. The Hall–Kier alpha value is -0.0800. The normalized spacial score (nSPS) is 29.5. The number of nitrogens with zero attached hydrogens (tertiary/aromatic N) is 1. The summed E-state index contributed by atoms with van der Waals surface area (Å²) in [5.74, 6) is 0. The van der Waals surface area contributed by atoms with Crippen LogP contribution < -0.4 is 5.32 Å². The molecule has 2 unspecified atom stereocenters. The Morgan fingerprint density at radius 2 is 1.72 bits per heavy atom. The predicted molar refractivity (Wildman–Crippen MR) is 79.0 cm³/mol. The van der Waals surface area contributed by atoms with Crippen LogP contribution in [-0.4, -0.2) is 36.1 Å². The van der Waals surface area contributed by atoms with Crippen LogP contribution in [0.3, 0.4) is 0 Å². The van der Waals surface area contributed by atoms with Gasteiger partial charge >= 0.3 is 0 Å². The van der Waals surface area contributed by atoms with Crippen LogP contribution in [0, 0.1) is 0 Å². The van der Waals surface area contributed by atoms with E-state index in [1.807, 2.05) is 0 Å². The Kier molecular flexibility index (Phi) is 5.97. The maximum atomic E-state index is 3.84. The first-order chi connectivity index (χ1) is 8.86.